The number of thiophene rings is 1. The van der Waals surface area contributed by atoms with Crippen LogP contribution in [0.1, 0.15) is 32.9 Å². The number of anilines is 1. The van der Waals surface area contributed by atoms with Gasteiger partial charge in [0.1, 0.15) is 0 Å². The van der Waals surface area contributed by atoms with Crippen LogP contribution in [0.4, 0.5) is 5.69 Å². The van der Waals surface area contributed by atoms with Gasteiger partial charge in [0.05, 0.1) is 21.0 Å². The molecule has 1 aliphatic rings. The molecule has 0 spiro atoms. The maximum absolute atomic E-state index is 12.5. The molecule has 0 saturated carbocycles. The lowest BCUT2D eigenvalue weighted by Crippen LogP contribution is -2.27. The van der Waals surface area contributed by atoms with E-state index in [9.17, 15) is 18.0 Å². The van der Waals surface area contributed by atoms with Crippen LogP contribution in [-0.2, 0) is 10.0 Å². The summed E-state index contributed by atoms with van der Waals surface area (Å²) in [6, 6.07) is 7.37. The number of carboxylic acids is 1. The topological polar surface area (TPSA) is 104 Å². The first-order valence-electron chi connectivity index (χ1n) is 7.62. The molecule has 1 aliphatic heterocycles. The molecule has 0 unspecified atom stereocenters. The molecule has 1 saturated heterocycles. The number of nitrogens with zero attached hydrogens (tertiary/aromatic N) is 1. The zero-order chi connectivity index (χ0) is 18.0. The number of amides is 1. The molecule has 1 amide bonds. The fourth-order valence-electron chi connectivity index (χ4n) is 2.61. The molecule has 1 fully saturated rings. The van der Waals surface area contributed by atoms with Gasteiger partial charge in [0.15, 0.2) is 0 Å². The van der Waals surface area contributed by atoms with Crippen molar-refractivity contribution in [1.29, 1.82) is 0 Å². The van der Waals surface area contributed by atoms with Crippen LogP contribution in [0, 0.1) is 0 Å². The Morgan fingerprint density at radius 3 is 2.52 bits per heavy atom. The van der Waals surface area contributed by atoms with Crippen LogP contribution in [0.3, 0.4) is 0 Å². The first-order chi connectivity index (χ1) is 11.9. The summed E-state index contributed by atoms with van der Waals surface area (Å²) < 4.78 is 26.4. The van der Waals surface area contributed by atoms with Gasteiger partial charge in [0.25, 0.3) is 5.91 Å². The summed E-state index contributed by atoms with van der Waals surface area (Å²) in [7, 11) is -3.58. The van der Waals surface area contributed by atoms with E-state index < -0.39 is 21.9 Å². The third-order valence-corrected chi connectivity index (χ3v) is 6.86. The van der Waals surface area contributed by atoms with Gasteiger partial charge in [-0.05, 0) is 31.0 Å². The van der Waals surface area contributed by atoms with E-state index >= 15 is 0 Å². The Kier molecular flexibility index (Phi) is 4.89. The summed E-state index contributed by atoms with van der Waals surface area (Å²) in [5.41, 5.74) is 0.134. The highest BCUT2D eigenvalue weighted by molar-refractivity contribution is 7.89. The summed E-state index contributed by atoms with van der Waals surface area (Å²) in [5, 5.41) is 13.1. The molecular formula is C16H16N2O5S2. The molecule has 3 rings (SSSR count). The quantitative estimate of drug-likeness (QED) is 0.829. The average Bonchev–Trinajstić information content (AvgIpc) is 3.27. The molecule has 25 heavy (non-hydrogen) atoms. The van der Waals surface area contributed by atoms with Crippen molar-refractivity contribution in [3.8, 4) is 0 Å². The Morgan fingerprint density at radius 1 is 1.16 bits per heavy atom. The number of aromatic carboxylic acids is 1. The minimum Gasteiger partial charge on any atom is -0.478 e. The molecule has 7 nitrogen and oxygen atoms in total. The van der Waals surface area contributed by atoms with Crippen LogP contribution in [-0.4, -0.2) is 42.8 Å². The summed E-state index contributed by atoms with van der Waals surface area (Å²) >= 11 is 1.01. The Balaban J connectivity index is 1.81. The summed E-state index contributed by atoms with van der Waals surface area (Å²) in [4.78, 5) is 23.8. The van der Waals surface area contributed by atoms with E-state index in [-0.39, 0.29) is 21.0 Å². The lowest BCUT2D eigenvalue weighted by atomic mass is 10.2. The molecule has 2 aromatic rings. The number of rotatable bonds is 5. The largest absolute Gasteiger partial charge is 0.478 e. The Morgan fingerprint density at radius 2 is 1.84 bits per heavy atom. The first-order valence-corrected chi connectivity index (χ1v) is 9.94. The van der Waals surface area contributed by atoms with Crippen molar-refractivity contribution < 1.29 is 23.1 Å². The second kappa shape index (κ2) is 6.95. The average molecular weight is 380 g/mol. The van der Waals surface area contributed by atoms with Gasteiger partial charge in [-0.3, -0.25) is 4.79 Å². The molecule has 0 bridgehead atoms. The standard InChI is InChI=1S/C16H16N2O5S2/c19-15(17-13-6-2-1-5-12(13)16(20)21)14-9-11(10-24-14)25(22,23)18-7-3-4-8-18/h1-2,5-6,9-10H,3-4,7-8H2,(H,17,19)(H,20,21). The fraction of sp³-hybridized carbons (Fsp3) is 0.250. The van der Waals surface area contributed by atoms with E-state index in [0.717, 1.165) is 24.2 Å². The Labute approximate surface area is 149 Å². The minimum atomic E-state index is -3.58. The monoisotopic (exact) mass is 380 g/mol. The van der Waals surface area contributed by atoms with Gasteiger partial charge >= 0.3 is 5.97 Å². The maximum Gasteiger partial charge on any atom is 0.337 e. The second-order valence-corrected chi connectivity index (χ2v) is 8.41. The highest BCUT2D eigenvalue weighted by Crippen LogP contribution is 2.26. The number of carboxylic acid groups (broad SMARTS) is 1. The molecule has 9 heteroatoms. The lowest BCUT2D eigenvalue weighted by molar-refractivity contribution is 0.0698. The highest BCUT2D eigenvalue weighted by atomic mass is 32.2. The number of benzene rings is 1. The SMILES string of the molecule is O=C(Nc1ccccc1C(=O)O)c1cc(S(=O)(=O)N2CCCC2)cs1. The zero-order valence-electron chi connectivity index (χ0n) is 13.1. The molecular weight excluding hydrogens is 364 g/mol. The summed E-state index contributed by atoms with van der Waals surface area (Å²) in [6.45, 7) is 0.984. The third-order valence-electron chi connectivity index (χ3n) is 3.91. The molecule has 2 N–H and O–H groups in total. The maximum atomic E-state index is 12.5. The third kappa shape index (κ3) is 3.58. The molecule has 0 aliphatic carbocycles. The molecule has 0 atom stereocenters. The smallest absolute Gasteiger partial charge is 0.337 e. The van der Waals surface area contributed by atoms with E-state index in [1.165, 1.54) is 27.9 Å². The van der Waals surface area contributed by atoms with E-state index in [1.807, 2.05) is 0 Å². The van der Waals surface area contributed by atoms with Crippen LogP contribution >= 0.6 is 11.3 Å². The zero-order valence-corrected chi connectivity index (χ0v) is 14.8. The number of hydrogen-bond donors (Lipinski definition) is 2. The second-order valence-electron chi connectivity index (χ2n) is 5.56. The van der Waals surface area contributed by atoms with Gasteiger partial charge in [-0.15, -0.1) is 11.3 Å². The van der Waals surface area contributed by atoms with Gasteiger partial charge in [-0.1, -0.05) is 12.1 Å². The fourth-order valence-corrected chi connectivity index (χ4v) is 5.29. The Hall–Kier alpha value is -2.23. The number of hydrogen-bond acceptors (Lipinski definition) is 5. The van der Waals surface area contributed by atoms with Crippen molar-refractivity contribution in [2.24, 2.45) is 0 Å². The van der Waals surface area contributed by atoms with Crippen molar-refractivity contribution >= 4 is 38.9 Å². The van der Waals surface area contributed by atoms with Crippen molar-refractivity contribution in [1.82, 2.24) is 4.31 Å². The van der Waals surface area contributed by atoms with Gasteiger partial charge in [0.2, 0.25) is 10.0 Å². The first kappa shape index (κ1) is 17.6. The number of carbonyl (C=O) groups excluding carboxylic acids is 1. The normalized spacial score (nSPS) is 15.2. The van der Waals surface area contributed by atoms with Crippen molar-refractivity contribution in [3.05, 3.63) is 46.2 Å². The molecule has 1 aromatic heterocycles. The van der Waals surface area contributed by atoms with Gasteiger partial charge in [0, 0.05) is 18.5 Å². The van der Waals surface area contributed by atoms with Crippen molar-refractivity contribution in [3.63, 3.8) is 0 Å². The van der Waals surface area contributed by atoms with Gasteiger partial charge in [-0.2, -0.15) is 4.31 Å². The van der Waals surface area contributed by atoms with Crippen LogP contribution in [0.15, 0.2) is 40.6 Å². The Bertz CT molecular complexity index is 914. The van der Waals surface area contributed by atoms with E-state index in [1.54, 1.807) is 12.1 Å². The number of nitrogens with one attached hydrogen (secondary N) is 1. The minimum absolute atomic E-state index is 0.0303. The van der Waals surface area contributed by atoms with Gasteiger partial charge < -0.3 is 10.4 Å². The van der Waals surface area contributed by atoms with Crippen LogP contribution < -0.4 is 5.32 Å². The van der Waals surface area contributed by atoms with Crippen molar-refractivity contribution in [2.45, 2.75) is 17.7 Å². The van der Waals surface area contributed by atoms with Crippen LogP contribution in [0.2, 0.25) is 0 Å². The molecule has 1 aromatic carbocycles. The van der Waals surface area contributed by atoms with Crippen LogP contribution in [0.5, 0.6) is 0 Å². The van der Waals surface area contributed by atoms with Crippen molar-refractivity contribution in [2.75, 3.05) is 18.4 Å². The van der Waals surface area contributed by atoms with E-state index in [2.05, 4.69) is 5.32 Å². The molecule has 2 heterocycles. The molecule has 0 radical (unpaired) electrons. The number of para-hydroxylation sites is 1. The van der Waals surface area contributed by atoms with E-state index in [4.69, 9.17) is 5.11 Å². The molecule has 132 valence electrons. The number of carbonyl (C=O) groups is 2. The predicted molar refractivity (Wildman–Crippen MR) is 93.7 cm³/mol. The lowest BCUT2D eigenvalue weighted by Gasteiger charge is -2.13. The number of sulfonamides is 1. The summed E-state index contributed by atoms with van der Waals surface area (Å²) in [5.74, 6) is -1.69. The highest BCUT2D eigenvalue weighted by Gasteiger charge is 2.28. The van der Waals surface area contributed by atoms with Gasteiger partial charge in [-0.25, -0.2) is 13.2 Å². The summed E-state index contributed by atoms with van der Waals surface area (Å²) in [6.07, 6.45) is 1.67. The van der Waals surface area contributed by atoms with E-state index in [0.29, 0.717) is 13.1 Å². The van der Waals surface area contributed by atoms with Crippen LogP contribution in [0.25, 0.3) is 0 Å². The predicted octanol–water partition coefficient (Wildman–Crippen LogP) is 2.48.